The van der Waals surface area contributed by atoms with E-state index in [1.165, 1.54) is 19.3 Å². The second-order valence-corrected chi connectivity index (χ2v) is 9.65. The van der Waals surface area contributed by atoms with Gasteiger partial charge in [0.1, 0.15) is 18.4 Å². The minimum absolute atomic E-state index is 0. The Labute approximate surface area is 212 Å². The lowest BCUT2D eigenvalue weighted by Crippen LogP contribution is -2.52. The number of halogens is 2. The molecule has 0 aromatic heterocycles. The van der Waals surface area contributed by atoms with Crippen molar-refractivity contribution in [2.75, 3.05) is 37.6 Å². The number of piperazine rings is 1. The first-order valence-electron chi connectivity index (χ1n) is 11.9. The maximum atomic E-state index is 12.8. The maximum Gasteiger partial charge on any atom is 0.254 e. The van der Waals surface area contributed by atoms with E-state index in [2.05, 4.69) is 4.90 Å². The van der Waals surface area contributed by atoms with Crippen molar-refractivity contribution in [2.24, 2.45) is 0 Å². The van der Waals surface area contributed by atoms with Gasteiger partial charge in [0.2, 0.25) is 5.91 Å². The molecule has 2 amide bonds. The minimum Gasteiger partial charge on any atom is -0.490 e. The first kappa shape index (κ1) is 24.8. The highest BCUT2D eigenvalue weighted by Gasteiger charge is 2.30. The van der Waals surface area contributed by atoms with E-state index in [0.29, 0.717) is 23.7 Å². The lowest BCUT2D eigenvalue weighted by atomic mass is 9.90. The van der Waals surface area contributed by atoms with Crippen LogP contribution in [0.2, 0.25) is 5.02 Å². The van der Waals surface area contributed by atoms with Crippen molar-refractivity contribution < 1.29 is 14.3 Å². The molecule has 1 saturated carbocycles. The van der Waals surface area contributed by atoms with Gasteiger partial charge in [0, 0.05) is 48.5 Å². The zero-order valence-electron chi connectivity index (χ0n) is 19.2. The normalized spacial score (nSPS) is 20.0. The van der Waals surface area contributed by atoms with E-state index in [1.54, 1.807) is 34.1 Å². The summed E-state index contributed by atoms with van der Waals surface area (Å²) in [5, 5.41) is 0.582. The van der Waals surface area contributed by atoms with Crippen LogP contribution in [-0.4, -0.2) is 66.5 Å². The number of anilines is 1. The Bertz CT molecular complexity index is 987. The molecule has 5 rings (SSSR count). The molecule has 3 fully saturated rings. The smallest absolute Gasteiger partial charge is 0.254 e. The third-order valence-corrected chi connectivity index (χ3v) is 7.37. The van der Waals surface area contributed by atoms with Gasteiger partial charge in [0.05, 0.1) is 0 Å². The summed E-state index contributed by atoms with van der Waals surface area (Å²) >= 11 is 5.91. The van der Waals surface area contributed by atoms with Crippen LogP contribution in [0.25, 0.3) is 0 Å². The van der Waals surface area contributed by atoms with E-state index < -0.39 is 0 Å². The Morgan fingerprint density at radius 1 is 0.882 bits per heavy atom. The van der Waals surface area contributed by atoms with Crippen molar-refractivity contribution >= 4 is 41.5 Å². The second-order valence-electron chi connectivity index (χ2n) is 9.21. The lowest BCUT2D eigenvalue weighted by Gasteiger charge is -2.41. The largest absolute Gasteiger partial charge is 0.490 e. The molecule has 0 N–H and O–H groups in total. The van der Waals surface area contributed by atoms with Crippen molar-refractivity contribution in [1.82, 2.24) is 9.80 Å². The summed E-state index contributed by atoms with van der Waals surface area (Å²) < 4.78 is 6.22. The van der Waals surface area contributed by atoms with Gasteiger partial charge in [-0.1, -0.05) is 18.0 Å². The van der Waals surface area contributed by atoms with Gasteiger partial charge in [-0.05, 0) is 74.2 Å². The third-order valence-electron chi connectivity index (χ3n) is 7.12. The summed E-state index contributed by atoms with van der Waals surface area (Å²) in [6, 6.07) is 15.3. The molecular formula is C26H31Cl2N3O3. The van der Waals surface area contributed by atoms with Crippen molar-refractivity contribution in [3.63, 3.8) is 0 Å². The van der Waals surface area contributed by atoms with Crippen LogP contribution in [0.1, 0.15) is 42.5 Å². The topological polar surface area (TPSA) is 53.1 Å². The third kappa shape index (κ3) is 5.51. The highest BCUT2D eigenvalue weighted by atomic mass is 35.5. The van der Waals surface area contributed by atoms with Crippen molar-refractivity contribution in [3.05, 3.63) is 59.1 Å². The number of hydrogen-bond donors (Lipinski definition) is 0. The molecule has 0 atom stereocenters. The molecule has 182 valence electrons. The van der Waals surface area contributed by atoms with E-state index >= 15 is 0 Å². The second kappa shape index (κ2) is 11.0. The van der Waals surface area contributed by atoms with E-state index in [4.69, 9.17) is 16.3 Å². The molecular weight excluding hydrogens is 473 g/mol. The van der Waals surface area contributed by atoms with Crippen LogP contribution in [0.15, 0.2) is 48.5 Å². The predicted octanol–water partition coefficient (Wildman–Crippen LogP) is 4.65. The van der Waals surface area contributed by atoms with E-state index in [1.807, 2.05) is 24.3 Å². The molecule has 0 spiro atoms. The van der Waals surface area contributed by atoms with Crippen LogP contribution >= 0.6 is 24.0 Å². The van der Waals surface area contributed by atoms with Gasteiger partial charge < -0.3 is 19.4 Å². The first-order valence-corrected chi connectivity index (χ1v) is 12.3. The molecule has 0 unspecified atom stereocenters. The fourth-order valence-corrected chi connectivity index (χ4v) is 5.03. The molecule has 2 aliphatic heterocycles. The number of hydrogen-bond acceptors (Lipinski definition) is 4. The summed E-state index contributed by atoms with van der Waals surface area (Å²) in [5.74, 6) is 0.622. The molecule has 0 radical (unpaired) electrons. The minimum atomic E-state index is -0.147. The van der Waals surface area contributed by atoms with Crippen molar-refractivity contribution in [3.8, 4) is 5.75 Å². The van der Waals surface area contributed by atoms with Crippen LogP contribution in [0.3, 0.4) is 0 Å². The average Bonchev–Trinajstić information content (AvgIpc) is 2.80. The zero-order valence-corrected chi connectivity index (χ0v) is 20.8. The van der Waals surface area contributed by atoms with Crippen LogP contribution in [0, 0.1) is 0 Å². The first-order chi connectivity index (χ1) is 16.1. The molecule has 2 aromatic rings. The lowest BCUT2D eigenvalue weighted by molar-refractivity contribution is -0.120. The number of carbonyl (C=O) groups is 2. The highest BCUT2D eigenvalue weighted by Crippen LogP contribution is 2.29. The SMILES string of the molecule is Cl.O=C(c1ccc(Cl)cc1)N1CCN(c2ccc(OC3CCN(C4CCC4)CC3)cc2)C(=O)C1. The summed E-state index contributed by atoms with van der Waals surface area (Å²) in [6.07, 6.45) is 6.49. The highest BCUT2D eigenvalue weighted by molar-refractivity contribution is 6.30. The summed E-state index contributed by atoms with van der Waals surface area (Å²) in [6.45, 7) is 3.28. The van der Waals surface area contributed by atoms with Gasteiger partial charge >= 0.3 is 0 Å². The average molecular weight is 504 g/mol. The Balaban J connectivity index is 0.00000274. The summed E-state index contributed by atoms with van der Waals surface area (Å²) in [5.41, 5.74) is 1.38. The van der Waals surface area contributed by atoms with Gasteiger partial charge in [-0.25, -0.2) is 0 Å². The van der Waals surface area contributed by atoms with Crippen molar-refractivity contribution in [2.45, 2.75) is 44.2 Å². The fourth-order valence-electron chi connectivity index (χ4n) is 4.90. The molecule has 2 aromatic carbocycles. The van der Waals surface area contributed by atoms with Crippen LogP contribution in [0.4, 0.5) is 5.69 Å². The fraction of sp³-hybridized carbons (Fsp3) is 0.462. The van der Waals surface area contributed by atoms with Crippen LogP contribution in [0.5, 0.6) is 5.75 Å². The van der Waals surface area contributed by atoms with Gasteiger partial charge in [-0.15, -0.1) is 12.4 Å². The Morgan fingerprint density at radius 3 is 2.15 bits per heavy atom. The number of carbonyl (C=O) groups excluding carboxylic acids is 2. The summed E-state index contributed by atoms with van der Waals surface area (Å²) in [4.78, 5) is 31.4. The Kier molecular flexibility index (Phi) is 8.02. The molecule has 2 saturated heterocycles. The molecule has 6 nitrogen and oxygen atoms in total. The Hall–Kier alpha value is -2.28. The van der Waals surface area contributed by atoms with E-state index in [0.717, 1.165) is 43.4 Å². The monoisotopic (exact) mass is 503 g/mol. The molecule has 2 heterocycles. The van der Waals surface area contributed by atoms with Gasteiger partial charge in [0.25, 0.3) is 5.91 Å². The number of piperidine rings is 1. The van der Waals surface area contributed by atoms with Crippen LogP contribution in [-0.2, 0) is 4.79 Å². The van der Waals surface area contributed by atoms with Gasteiger partial charge in [-0.2, -0.15) is 0 Å². The predicted molar refractivity (Wildman–Crippen MR) is 136 cm³/mol. The van der Waals surface area contributed by atoms with E-state index in [9.17, 15) is 9.59 Å². The maximum absolute atomic E-state index is 12.8. The molecule has 34 heavy (non-hydrogen) atoms. The number of ether oxygens (including phenoxy) is 1. The number of rotatable bonds is 5. The van der Waals surface area contributed by atoms with Gasteiger partial charge in [0.15, 0.2) is 0 Å². The molecule has 3 aliphatic rings. The number of nitrogens with zero attached hydrogens (tertiary/aromatic N) is 3. The molecule has 1 aliphatic carbocycles. The zero-order chi connectivity index (χ0) is 22.8. The van der Waals surface area contributed by atoms with Crippen molar-refractivity contribution in [1.29, 1.82) is 0 Å². The standard InChI is InChI=1S/C26H30ClN3O3.ClH/c27-20-6-4-19(5-7-20)26(32)29-16-17-30(25(31)18-29)22-8-10-23(11-9-22)33-24-12-14-28(15-13-24)21-2-1-3-21;/h4-11,21,24H,1-3,12-18H2;1H. The molecule has 8 heteroatoms. The quantitative estimate of drug-likeness (QED) is 0.595. The molecule has 0 bridgehead atoms. The number of benzene rings is 2. The Morgan fingerprint density at radius 2 is 1.56 bits per heavy atom. The van der Waals surface area contributed by atoms with Gasteiger partial charge in [-0.3, -0.25) is 9.59 Å². The van der Waals surface area contributed by atoms with Crippen LogP contribution < -0.4 is 9.64 Å². The van der Waals surface area contributed by atoms with E-state index in [-0.39, 0.29) is 36.9 Å². The number of likely N-dealkylation sites (tertiary alicyclic amines) is 1. The number of amides is 2. The summed E-state index contributed by atoms with van der Waals surface area (Å²) in [7, 11) is 0.